The Bertz CT molecular complexity index is 1130. The van der Waals surface area contributed by atoms with Crippen molar-refractivity contribution in [3.63, 3.8) is 0 Å². The largest absolute Gasteiger partial charge is 0.480 e. The van der Waals surface area contributed by atoms with Gasteiger partial charge in [-0.15, -0.1) is 0 Å². The Kier molecular flexibility index (Phi) is 6.97. The summed E-state index contributed by atoms with van der Waals surface area (Å²) in [7, 11) is -2.23. The number of anilines is 1. The summed E-state index contributed by atoms with van der Waals surface area (Å²) in [6.07, 6.45) is 2.38. The minimum Gasteiger partial charge on any atom is -0.480 e. The van der Waals surface area contributed by atoms with Crippen molar-refractivity contribution in [1.82, 2.24) is 15.0 Å². The maximum absolute atomic E-state index is 13.8. The SMILES string of the molecule is CC.COc1ncc(-c2nc(Cl)nc3c(Cl)cc(F)cc23)cc1NS(C)(=O)=O. The van der Waals surface area contributed by atoms with Crippen LogP contribution >= 0.6 is 23.2 Å². The van der Waals surface area contributed by atoms with Gasteiger partial charge in [-0.05, 0) is 29.8 Å². The zero-order chi connectivity index (χ0) is 21.1. The second kappa shape index (κ2) is 8.85. The second-order valence-corrected chi connectivity index (χ2v) is 7.77. The molecule has 1 N–H and O–H groups in total. The van der Waals surface area contributed by atoms with Gasteiger partial charge in [0.15, 0.2) is 0 Å². The fourth-order valence-electron chi connectivity index (χ4n) is 2.37. The molecule has 2 heterocycles. The molecule has 0 aliphatic heterocycles. The van der Waals surface area contributed by atoms with E-state index in [1.165, 1.54) is 25.4 Å². The molecule has 0 aliphatic carbocycles. The summed E-state index contributed by atoms with van der Waals surface area (Å²) in [6, 6.07) is 3.77. The Morgan fingerprint density at radius 2 is 1.82 bits per heavy atom. The fraction of sp³-hybridized carbons (Fsp3) is 0.235. The molecule has 0 bridgehead atoms. The van der Waals surface area contributed by atoms with Crippen LogP contribution in [-0.4, -0.2) is 36.7 Å². The zero-order valence-corrected chi connectivity index (χ0v) is 17.7. The van der Waals surface area contributed by atoms with Crippen LogP contribution in [-0.2, 0) is 10.0 Å². The lowest BCUT2D eigenvalue weighted by Gasteiger charge is -2.12. The van der Waals surface area contributed by atoms with Gasteiger partial charge in [0.2, 0.25) is 21.2 Å². The molecule has 1 aromatic carbocycles. The van der Waals surface area contributed by atoms with Crippen LogP contribution in [0.1, 0.15) is 13.8 Å². The molecule has 0 saturated heterocycles. The first kappa shape index (κ1) is 22.1. The van der Waals surface area contributed by atoms with Gasteiger partial charge in [-0.1, -0.05) is 25.4 Å². The summed E-state index contributed by atoms with van der Waals surface area (Å²) in [6.45, 7) is 4.00. The molecule has 0 amide bonds. The van der Waals surface area contributed by atoms with Gasteiger partial charge in [-0.2, -0.15) is 0 Å². The lowest BCUT2D eigenvalue weighted by Crippen LogP contribution is -2.11. The summed E-state index contributed by atoms with van der Waals surface area (Å²) < 4.78 is 44.3. The maximum Gasteiger partial charge on any atom is 0.238 e. The molecule has 0 atom stereocenters. The molecule has 0 fully saturated rings. The first-order valence-corrected chi connectivity index (χ1v) is 10.7. The topological polar surface area (TPSA) is 94.1 Å². The normalized spacial score (nSPS) is 11.0. The van der Waals surface area contributed by atoms with Gasteiger partial charge in [-0.3, -0.25) is 4.72 Å². The van der Waals surface area contributed by atoms with Crippen molar-refractivity contribution in [1.29, 1.82) is 0 Å². The van der Waals surface area contributed by atoms with E-state index in [1.807, 2.05) is 13.8 Å². The minimum absolute atomic E-state index is 0.0628. The standard InChI is InChI=1S/C15H11Cl2FN4O3S.C2H6/c1-25-14-11(22-26(2,23)24)3-7(6-19-14)12-9-4-8(18)5-10(16)13(9)21-15(17)20-12;1-2/h3-6,22H,1-2H3;1-2H3. The number of benzene rings is 1. The van der Waals surface area contributed by atoms with Gasteiger partial charge in [0.25, 0.3) is 0 Å². The Balaban J connectivity index is 0.00000136. The molecule has 0 saturated carbocycles. The molecule has 0 aliphatic rings. The highest BCUT2D eigenvalue weighted by Crippen LogP contribution is 2.34. The lowest BCUT2D eigenvalue weighted by molar-refractivity contribution is 0.400. The molecule has 0 spiro atoms. The lowest BCUT2D eigenvalue weighted by atomic mass is 10.1. The molecule has 3 aromatic rings. The third kappa shape index (κ3) is 4.98. The highest BCUT2D eigenvalue weighted by Gasteiger charge is 2.17. The van der Waals surface area contributed by atoms with Crippen molar-refractivity contribution in [2.75, 3.05) is 18.1 Å². The number of halogens is 3. The van der Waals surface area contributed by atoms with Crippen molar-refractivity contribution >= 4 is 49.8 Å². The molecule has 7 nitrogen and oxygen atoms in total. The van der Waals surface area contributed by atoms with E-state index in [4.69, 9.17) is 27.9 Å². The Hall–Kier alpha value is -2.23. The molecule has 3 rings (SSSR count). The van der Waals surface area contributed by atoms with E-state index in [1.54, 1.807) is 0 Å². The van der Waals surface area contributed by atoms with Gasteiger partial charge in [0.1, 0.15) is 11.5 Å². The molecule has 2 aromatic heterocycles. The van der Waals surface area contributed by atoms with Crippen LogP contribution in [0.3, 0.4) is 0 Å². The molecule has 28 heavy (non-hydrogen) atoms. The first-order valence-electron chi connectivity index (χ1n) is 8.02. The van der Waals surface area contributed by atoms with Crippen LogP contribution in [0.15, 0.2) is 24.4 Å². The fourth-order valence-corrected chi connectivity index (χ4v) is 3.33. The Labute approximate surface area is 171 Å². The minimum atomic E-state index is -3.58. The molecular formula is C17H17Cl2FN4O3S. The number of hydrogen-bond donors (Lipinski definition) is 1. The predicted molar refractivity (Wildman–Crippen MR) is 109 cm³/mol. The number of aromatic nitrogens is 3. The molecule has 0 unspecified atom stereocenters. The molecule has 11 heteroatoms. The van der Waals surface area contributed by atoms with Crippen LogP contribution in [0, 0.1) is 5.82 Å². The first-order chi connectivity index (χ1) is 13.2. The van der Waals surface area contributed by atoms with E-state index >= 15 is 0 Å². The average Bonchev–Trinajstić information content (AvgIpc) is 2.62. The average molecular weight is 447 g/mol. The number of methoxy groups -OCH3 is 1. The smallest absolute Gasteiger partial charge is 0.238 e. The highest BCUT2D eigenvalue weighted by atomic mass is 35.5. The van der Waals surface area contributed by atoms with E-state index in [0.29, 0.717) is 10.9 Å². The maximum atomic E-state index is 13.8. The summed E-state index contributed by atoms with van der Waals surface area (Å²) in [5.74, 6) is -0.515. The van der Waals surface area contributed by atoms with E-state index in [-0.39, 0.29) is 33.1 Å². The van der Waals surface area contributed by atoms with Gasteiger partial charge >= 0.3 is 0 Å². The molecule has 150 valence electrons. The monoisotopic (exact) mass is 446 g/mol. The zero-order valence-electron chi connectivity index (χ0n) is 15.4. The number of rotatable bonds is 4. The quantitative estimate of drug-likeness (QED) is 0.590. The molecular weight excluding hydrogens is 430 g/mol. The van der Waals surface area contributed by atoms with Crippen molar-refractivity contribution in [3.8, 4) is 17.1 Å². The Morgan fingerprint density at radius 3 is 2.43 bits per heavy atom. The van der Waals surface area contributed by atoms with Crippen molar-refractivity contribution in [2.24, 2.45) is 0 Å². The number of nitrogens with zero attached hydrogens (tertiary/aromatic N) is 3. The van der Waals surface area contributed by atoms with Crippen molar-refractivity contribution in [2.45, 2.75) is 13.8 Å². The number of fused-ring (bicyclic) bond motifs is 1. The van der Waals surface area contributed by atoms with E-state index in [2.05, 4.69) is 19.7 Å². The second-order valence-electron chi connectivity index (χ2n) is 5.28. The predicted octanol–water partition coefficient (Wildman–Crippen LogP) is 4.54. The van der Waals surface area contributed by atoms with Gasteiger partial charge in [0, 0.05) is 17.1 Å². The van der Waals surface area contributed by atoms with Crippen molar-refractivity contribution in [3.05, 3.63) is 40.5 Å². The van der Waals surface area contributed by atoms with Crippen LogP contribution in [0.25, 0.3) is 22.2 Å². The van der Waals surface area contributed by atoms with Crippen molar-refractivity contribution < 1.29 is 17.5 Å². The summed E-state index contributed by atoms with van der Waals surface area (Å²) >= 11 is 12.0. The van der Waals surface area contributed by atoms with E-state index < -0.39 is 15.8 Å². The summed E-state index contributed by atoms with van der Waals surface area (Å²) in [5, 5.41) is 0.271. The van der Waals surface area contributed by atoms with Gasteiger partial charge < -0.3 is 4.74 Å². The van der Waals surface area contributed by atoms with Gasteiger partial charge in [-0.25, -0.2) is 27.8 Å². The number of pyridine rings is 1. The Morgan fingerprint density at radius 1 is 1.14 bits per heavy atom. The van der Waals surface area contributed by atoms with Gasteiger partial charge in [0.05, 0.1) is 29.6 Å². The number of ether oxygens (including phenoxy) is 1. The summed E-state index contributed by atoms with van der Waals surface area (Å²) in [4.78, 5) is 12.2. The third-order valence-corrected chi connectivity index (χ3v) is 4.35. The molecule has 0 radical (unpaired) electrons. The number of hydrogen-bond acceptors (Lipinski definition) is 6. The van der Waals surface area contributed by atoms with E-state index in [0.717, 1.165) is 12.3 Å². The van der Waals surface area contributed by atoms with Crippen LogP contribution in [0.5, 0.6) is 5.88 Å². The third-order valence-electron chi connectivity index (χ3n) is 3.30. The van der Waals surface area contributed by atoms with Crippen LogP contribution in [0.4, 0.5) is 10.1 Å². The van der Waals surface area contributed by atoms with E-state index in [9.17, 15) is 12.8 Å². The summed E-state index contributed by atoms with van der Waals surface area (Å²) in [5.41, 5.74) is 0.968. The number of sulfonamides is 1. The van der Waals surface area contributed by atoms with Crippen LogP contribution in [0.2, 0.25) is 10.3 Å². The van der Waals surface area contributed by atoms with Crippen LogP contribution < -0.4 is 9.46 Å². The highest BCUT2D eigenvalue weighted by molar-refractivity contribution is 7.92. The number of nitrogens with one attached hydrogen (secondary N) is 1.